The summed E-state index contributed by atoms with van der Waals surface area (Å²) in [5.41, 5.74) is 2.71. The normalized spacial score (nSPS) is 10.3. The van der Waals surface area contributed by atoms with Crippen LogP contribution in [0.15, 0.2) is 17.2 Å². The maximum Gasteiger partial charge on any atom is 0.329 e. The van der Waals surface area contributed by atoms with E-state index in [1.165, 1.54) is 34.7 Å². The van der Waals surface area contributed by atoms with Crippen LogP contribution in [0.3, 0.4) is 0 Å². The quantitative estimate of drug-likeness (QED) is 0.297. The summed E-state index contributed by atoms with van der Waals surface area (Å²) in [6, 6.07) is 3.30. The number of carbonyl (C=O) groups excluding carboxylic acids is 2. The van der Waals surface area contributed by atoms with E-state index >= 15 is 0 Å². The zero-order valence-electron chi connectivity index (χ0n) is 14.0. The third-order valence-corrected chi connectivity index (χ3v) is 2.86. The van der Waals surface area contributed by atoms with Gasteiger partial charge in [-0.05, 0) is 12.1 Å². The standard InChI is InChI=1S/C15H21N3O6/c1-21-6-5-16-14(19)15(20)18-17-9-10-7-11(22-2)13(24-4)12(8-10)23-3/h7-9H,5-6H2,1-4H3,(H,16,19)(H,18,20)/b17-9+. The van der Waals surface area contributed by atoms with Gasteiger partial charge in [0.15, 0.2) is 11.5 Å². The summed E-state index contributed by atoms with van der Waals surface area (Å²) in [5.74, 6) is -0.341. The maximum atomic E-state index is 11.5. The Kier molecular flexibility index (Phi) is 8.06. The summed E-state index contributed by atoms with van der Waals surface area (Å²) in [4.78, 5) is 23.0. The molecule has 0 aliphatic rings. The van der Waals surface area contributed by atoms with Gasteiger partial charge in [0.25, 0.3) is 0 Å². The Bertz CT molecular complexity index is 578. The molecule has 0 heterocycles. The zero-order chi connectivity index (χ0) is 17.9. The van der Waals surface area contributed by atoms with E-state index in [1.54, 1.807) is 12.1 Å². The highest BCUT2D eigenvalue weighted by Gasteiger charge is 2.13. The number of methoxy groups -OCH3 is 4. The van der Waals surface area contributed by atoms with Crippen molar-refractivity contribution in [2.24, 2.45) is 5.10 Å². The fourth-order valence-electron chi connectivity index (χ4n) is 1.74. The van der Waals surface area contributed by atoms with Gasteiger partial charge in [-0.25, -0.2) is 5.43 Å². The Morgan fingerprint density at radius 3 is 2.17 bits per heavy atom. The Hall–Kier alpha value is -2.81. The van der Waals surface area contributed by atoms with Crippen molar-refractivity contribution in [1.29, 1.82) is 0 Å². The van der Waals surface area contributed by atoms with Crippen LogP contribution in [0.5, 0.6) is 17.2 Å². The summed E-state index contributed by atoms with van der Waals surface area (Å²) in [6.07, 6.45) is 1.35. The van der Waals surface area contributed by atoms with E-state index in [1.807, 2.05) is 0 Å². The van der Waals surface area contributed by atoms with Crippen molar-refractivity contribution in [3.05, 3.63) is 17.7 Å². The molecular formula is C15H21N3O6. The van der Waals surface area contributed by atoms with Crippen molar-refractivity contribution in [1.82, 2.24) is 10.7 Å². The molecule has 1 rings (SSSR count). The van der Waals surface area contributed by atoms with Crippen molar-refractivity contribution in [2.45, 2.75) is 0 Å². The van der Waals surface area contributed by atoms with Crippen LogP contribution in [0.4, 0.5) is 0 Å². The molecule has 0 fully saturated rings. The van der Waals surface area contributed by atoms with Crippen molar-refractivity contribution in [2.75, 3.05) is 41.6 Å². The number of hydrogen-bond donors (Lipinski definition) is 2. The lowest BCUT2D eigenvalue weighted by Crippen LogP contribution is -2.39. The minimum atomic E-state index is -0.880. The van der Waals surface area contributed by atoms with Crippen LogP contribution in [-0.4, -0.2) is 59.6 Å². The summed E-state index contributed by atoms with van der Waals surface area (Å²) >= 11 is 0. The van der Waals surface area contributed by atoms with Gasteiger partial charge in [-0.2, -0.15) is 5.10 Å². The predicted molar refractivity (Wildman–Crippen MR) is 86.7 cm³/mol. The minimum absolute atomic E-state index is 0.235. The summed E-state index contributed by atoms with van der Waals surface area (Å²) in [7, 11) is 5.97. The fourth-order valence-corrected chi connectivity index (χ4v) is 1.74. The Morgan fingerprint density at radius 1 is 1.04 bits per heavy atom. The number of nitrogens with zero attached hydrogens (tertiary/aromatic N) is 1. The van der Waals surface area contributed by atoms with Crippen LogP contribution in [0.25, 0.3) is 0 Å². The van der Waals surface area contributed by atoms with Gasteiger partial charge in [0, 0.05) is 19.2 Å². The van der Waals surface area contributed by atoms with Gasteiger partial charge in [0.05, 0.1) is 34.2 Å². The van der Waals surface area contributed by atoms with Gasteiger partial charge in [-0.15, -0.1) is 0 Å². The highest BCUT2D eigenvalue weighted by molar-refractivity contribution is 6.35. The van der Waals surface area contributed by atoms with Crippen molar-refractivity contribution in [3.63, 3.8) is 0 Å². The molecule has 0 aromatic heterocycles. The molecule has 0 atom stereocenters. The van der Waals surface area contributed by atoms with E-state index in [9.17, 15) is 9.59 Å². The second kappa shape index (κ2) is 10.1. The lowest BCUT2D eigenvalue weighted by atomic mass is 10.2. The Morgan fingerprint density at radius 2 is 1.67 bits per heavy atom. The lowest BCUT2D eigenvalue weighted by molar-refractivity contribution is -0.139. The van der Waals surface area contributed by atoms with Crippen LogP contribution in [0, 0.1) is 0 Å². The Labute approximate surface area is 139 Å². The molecule has 9 nitrogen and oxygen atoms in total. The van der Waals surface area contributed by atoms with E-state index in [0.29, 0.717) is 29.4 Å². The molecule has 0 unspecified atom stereocenters. The van der Waals surface area contributed by atoms with Crippen LogP contribution < -0.4 is 25.0 Å². The fraction of sp³-hybridized carbons (Fsp3) is 0.400. The minimum Gasteiger partial charge on any atom is -0.493 e. The number of ether oxygens (including phenoxy) is 4. The lowest BCUT2D eigenvalue weighted by Gasteiger charge is -2.12. The molecule has 0 saturated heterocycles. The van der Waals surface area contributed by atoms with E-state index < -0.39 is 11.8 Å². The molecule has 0 spiro atoms. The second-order valence-corrected chi connectivity index (χ2v) is 4.41. The highest BCUT2D eigenvalue weighted by Crippen LogP contribution is 2.37. The number of carbonyl (C=O) groups is 2. The first kappa shape index (κ1) is 19.2. The van der Waals surface area contributed by atoms with E-state index in [4.69, 9.17) is 18.9 Å². The Balaban J connectivity index is 2.73. The molecule has 0 aliphatic carbocycles. The van der Waals surface area contributed by atoms with Crippen molar-refractivity contribution >= 4 is 18.0 Å². The van der Waals surface area contributed by atoms with Crippen LogP contribution in [-0.2, 0) is 14.3 Å². The average Bonchev–Trinajstić information content (AvgIpc) is 2.60. The first-order chi connectivity index (χ1) is 11.6. The molecule has 24 heavy (non-hydrogen) atoms. The van der Waals surface area contributed by atoms with Crippen LogP contribution in [0.1, 0.15) is 5.56 Å². The molecule has 1 aromatic carbocycles. The topological polar surface area (TPSA) is 107 Å². The highest BCUT2D eigenvalue weighted by atomic mass is 16.5. The van der Waals surface area contributed by atoms with Crippen molar-refractivity contribution in [3.8, 4) is 17.2 Å². The van der Waals surface area contributed by atoms with E-state index in [2.05, 4.69) is 15.8 Å². The summed E-state index contributed by atoms with van der Waals surface area (Å²) in [5, 5.41) is 6.11. The second-order valence-electron chi connectivity index (χ2n) is 4.41. The monoisotopic (exact) mass is 339 g/mol. The number of amides is 2. The first-order valence-electron chi connectivity index (χ1n) is 6.97. The molecule has 9 heteroatoms. The number of benzene rings is 1. The van der Waals surface area contributed by atoms with Gasteiger partial charge in [-0.3, -0.25) is 9.59 Å². The first-order valence-corrected chi connectivity index (χ1v) is 6.97. The van der Waals surface area contributed by atoms with E-state index in [-0.39, 0.29) is 6.54 Å². The number of hydrazone groups is 1. The maximum absolute atomic E-state index is 11.5. The number of rotatable bonds is 8. The van der Waals surface area contributed by atoms with Crippen LogP contribution in [0.2, 0.25) is 0 Å². The average molecular weight is 339 g/mol. The largest absolute Gasteiger partial charge is 0.493 e. The molecule has 2 N–H and O–H groups in total. The number of nitrogens with one attached hydrogen (secondary N) is 2. The zero-order valence-corrected chi connectivity index (χ0v) is 14.0. The SMILES string of the molecule is COCCNC(=O)C(=O)N/N=C/c1cc(OC)c(OC)c(OC)c1. The van der Waals surface area contributed by atoms with Gasteiger partial charge in [0.2, 0.25) is 5.75 Å². The van der Waals surface area contributed by atoms with Gasteiger partial charge < -0.3 is 24.3 Å². The summed E-state index contributed by atoms with van der Waals surface area (Å²) in [6.45, 7) is 0.549. The molecule has 0 aliphatic heterocycles. The molecule has 1 aromatic rings. The van der Waals surface area contributed by atoms with Gasteiger partial charge >= 0.3 is 11.8 Å². The van der Waals surface area contributed by atoms with Gasteiger partial charge in [-0.1, -0.05) is 0 Å². The molecule has 0 saturated carbocycles. The molecule has 0 radical (unpaired) electrons. The van der Waals surface area contributed by atoms with Gasteiger partial charge in [0.1, 0.15) is 0 Å². The van der Waals surface area contributed by atoms with Crippen molar-refractivity contribution < 1.29 is 28.5 Å². The molecule has 2 amide bonds. The van der Waals surface area contributed by atoms with E-state index in [0.717, 1.165) is 0 Å². The number of hydrogen-bond acceptors (Lipinski definition) is 7. The summed E-state index contributed by atoms with van der Waals surface area (Å²) < 4.78 is 20.4. The smallest absolute Gasteiger partial charge is 0.329 e. The third kappa shape index (κ3) is 5.43. The molecule has 132 valence electrons. The predicted octanol–water partition coefficient (Wildman–Crippen LogP) is -0.0749. The molecule has 0 bridgehead atoms. The molecular weight excluding hydrogens is 318 g/mol. The third-order valence-electron chi connectivity index (χ3n) is 2.86. The van der Waals surface area contributed by atoms with Crippen LogP contribution >= 0.6 is 0 Å².